The van der Waals surface area contributed by atoms with Crippen molar-refractivity contribution in [1.82, 2.24) is 4.90 Å². The average molecular weight is 253 g/mol. The van der Waals surface area contributed by atoms with Crippen LogP contribution in [0.15, 0.2) is 11.5 Å². The lowest BCUT2D eigenvalue weighted by atomic mass is 10.2. The highest BCUT2D eigenvalue weighted by Gasteiger charge is 2.25. The summed E-state index contributed by atoms with van der Waals surface area (Å²) >= 11 is 1.55. The van der Waals surface area contributed by atoms with Crippen molar-refractivity contribution >= 4 is 23.5 Å². The quantitative estimate of drug-likeness (QED) is 0.837. The van der Waals surface area contributed by atoms with Crippen LogP contribution in [0.5, 0.6) is 5.75 Å². The Morgan fingerprint density at radius 2 is 2.47 bits per heavy atom. The van der Waals surface area contributed by atoms with Crippen LogP contribution in [0.4, 0.5) is 4.79 Å². The molecule has 1 amide bonds. The molecule has 0 spiro atoms. The number of rotatable bonds is 1. The molecule has 0 radical (unpaired) electrons. The Balaban J connectivity index is 2.35. The predicted molar refractivity (Wildman–Crippen MR) is 67.6 cm³/mol. The molecule has 0 saturated heterocycles. The summed E-state index contributed by atoms with van der Waals surface area (Å²) in [5, 5.41) is 11.1. The van der Waals surface area contributed by atoms with Gasteiger partial charge in [0.15, 0.2) is 0 Å². The second-order valence-corrected chi connectivity index (χ2v) is 5.00. The lowest BCUT2D eigenvalue weighted by molar-refractivity contribution is 0.121. The van der Waals surface area contributed by atoms with E-state index in [1.807, 2.05) is 31.4 Å². The van der Waals surface area contributed by atoms with Crippen molar-refractivity contribution in [3.8, 4) is 5.75 Å². The fourth-order valence-corrected chi connectivity index (χ4v) is 2.83. The highest BCUT2D eigenvalue weighted by atomic mass is 32.1. The molecule has 1 aromatic rings. The van der Waals surface area contributed by atoms with E-state index in [9.17, 15) is 4.79 Å². The smallest absolute Gasteiger partial charge is 0.407 e. The number of thiophene rings is 1. The Hall–Kier alpha value is -1.49. The number of allylic oxidation sites excluding steroid dienone is 1. The summed E-state index contributed by atoms with van der Waals surface area (Å²) in [6.07, 6.45) is 2.93. The summed E-state index contributed by atoms with van der Waals surface area (Å²) in [6, 6.07) is 0. The van der Waals surface area contributed by atoms with Crippen LogP contribution in [0, 0.1) is 0 Å². The molecule has 0 fully saturated rings. The number of carboxylic acid groups (broad SMARTS) is 1. The van der Waals surface area contributed by atoms with Crippen LogP contribution in [0.3, 0.4) is 0 Å². The van der Waals surface area contributed by atoms with Crippen molar-refractivity contribution < 1.29 is 14.6 Å². The van der Waals surface area contributed by atoms with E-state index in [4.69, 9.17) is 9.84 Å². The number of nitrogens with zero attached hydrogens (tertiary/aromatic N) is 1. The maximum Gasteiger partial charge on any atom is 0.407 e. The van der Waals surface area contributed by atoms with E-state index in [1.165, 1.54) is 4.90 Å². The van der Waals surface area contributed by atoms with Crippen LogP contribution in [0.2, 0.25) is 0 Å². The van der Waals surface area contributed by atoms with E-state index in [0.717, 1.165) is 16.2 Å². The van der Waals surface area contributed by atoms with Crippen LogP contribution < -0.4 is 4.74 Å². The van der Waals surface area contributed by atoms with E-state index in [-0.39, 0.29) is 6.10 Å². The molecule has 2 rings (SSSR count). The normalized spacial score (nSPS) is 19.9. The number of hydrogen-bond acceptors (Lipinski definition) is 3. The van der Waals surface area contributed by atoms with Gasteiger partial charge in [0.05, 0.1) is 18.0 Å². The molecule has 0 aromatic carbocycles. The minimum atomic E-state index is -0.894. The van der Waals surface area contributed by atoms with Crippen molar-refractivity contribution in [3.05, 3.63) is 21.9 Å². The number of ether oxygens (including phenoxy) is 1. The van der Waals surface area contributed by atoms with E-state index in [2.05, 4.69) is 0 Å². The van der Waals surface area contributed by atoms with Gasteiger partial charge in [0.2, 0.25) is 0 Å². The molecular weight excluding hydrogens is 238 g/mol. The van der Waals surface area contributed by atoms with Gasteiger partial charge in [-0.15, -0.1) is 11.3 Å². The fourth-order valence-electron chi connectivity index (χ4n) is 1.87. The molecule has 0 aliphatic carbocycles. The number of carbonyl (C=O) groups is 1. The Kier molecular flexibility index (Phi) is 3.38. The van der Waals surface area contributed by atoms with E-state index >= 15 is 0 Å². The molecule has 1 atom stereocenters. The molecule has 1 aromatic heterocycles. The molecule has 4 nitrogen and oxygen atoms in total. The highest BCUT2D eigenvalue weighted by Crippen LogP contribution is 2.35. The van der Waals surface area contributed by atoms with E-state index in [1.54, 1.807) is 11.3 Å². The molecule has 5 heteroatoms. The minimum Gasteiger partial charge on any atom is -0.487 e. The molecule has 92 valence electrons. The topological polar surface area (TPSA) is 49.8 Å². The summed E-state index contributed by atoms with van der Waals surface area (Å²) in [4.78, 5) is 13.4. The summed E-state index contributed by atoms with van der Waals surface area (Å²) in [5.41, 5.74) is 1.03. The minimum absolute atomic E-state index is 0.119. The van der Waals surface area contributed by atoms with Gasteiger partial charge in [-0.3, -0.25) is 4.90 Å². The van der Waals surface area contributed by atoms with Gasteiger partial charge in [0.1, 0.15) is 11.9 Å². The number of fused-ring (bicyclic) bond motifs is 1. The maximum absolute atomic E-state index is 11.1. The van der Waals surface area contributed by atoms with Crippen molar-refractivity contribution in [3.63, 3.8) is 0 Å². The van der Waals surface area contributed by atoms with Gasteiger partial charge in [-0.1, -0.05) is 12.2 Å². The highest BCUT2D eigenvalue weighted by molar-refractivity contribution is 7.10. The van der Waals surface area contributed by atoms with Gasteiger partial charge in [-0.25, -0.2) is 4.79 Å². The summed E-state index contributed by atoms with van der Waals surface area (Å²) in [5.74, 6) is 0.837. The monoisotopic (exact) mass is 253 g/mol. The molecule has 1 aliphatic heterocycles. The third kappa shape index (κ3) is 2.44. The first-order valence-corrected chi connectivity index (χ1v) is 6.37. The molecule has 17 heavy (non-hydrogen) atoms. The van der Waals surface area contributed by atoms with Crippen LogP contribution in [0.1, 0.15) is 24.3 Å². The maximum atomic E-state index is 11.1. The van der Waals surface area contributed by atoms with E-state index in [0.29, 0.717) is 13.1 Å². The van der Waals surface area contributed by atoms with Gasteiger partial charge in [-0.05, 0) is 13.8 Å². The molecule has 0 unspecified atom stereocenters. The lowest BCUT2D eigenvalue weighted by Gasteiger charge is -2.18. The standard InChI is InChI=1S/C12H15NO3S/c1-3-4-9-7-17-10-6-13(12(14)15)5-8(2)16-11(9)10/h3-4,7-8H,5-6H2,1-2H3,(H,14,15)/t8-/m0/s1. The third-order valence-corrected chi connectivity index (χ3v) is 3.56. The Morgan fingerprint density at radius 1 is 1.71 bits per heavy atom. The zero-order valence-corrected chi connectivity index (χ0v) is 10.7. The van der Waals surface area contributed by atoms with Gasteiger partial charge < -0.3 is 9.84 Å². The van der Waals surface area contributed by atoms with Crippen molar-refractivity contribution in [2.24, 2.45) is 0 Å². The Bertz CT molecular complexity index is 453. The zero-order chi connectivity index (χ0) is 12.4. The molecular formula is C12H15NO3S. The largest absolute Gasteiger partial charge is 0.487 e. The lowest BCUT2D eigenvalue weighted by Crippen LogP contribution is -2.34. The van der Waals surface area contributed by atoms with Crippen LogP contribution >= 0.6 is 11.3 Å². The second-order valence-electron chi connectivity index (χ2n) is 4.03. The number of amides is 1. The van der Waals surface area contributed by atoms with Gasteiger partial charge >= 0.3 is 6.09 Å². The predicted octanol–water partition coefficient (Wildman–Crippen LogP) is 3.04. The van der Waals surface area contributed by atoms with Crippen LogP contribution in [0.25, 0.3) is 6.08 Å². The summed E-state index contributed by atoms with van der Waals surface area (Å²) in [6.45, 7) is 4.67. The van der Waals surface area contributed by atoms with Gasteiger partial charge in [0, 0.05) is 10.9 Å². The molecule has 0 saturated carbocycles. The molecule has 1 aliphatic rings. The van der Waals surface area contributed by atoms with Crippen molar-refractivity contribution in [1.29, 1.82) is 0 Å². The Morgan fingerprint density at radius 3 is 3.12 bits per heavy atom. The fraction of sp³-hybridized carbons (Fsp3) is 0.417. The number of hydrogen-bond donors (Lipinski definition) is 1. The molecule has 1 N–H and O–H groups in total. The summed E-state index contributed by atoms with van der Waals surface area (Å²) in [7, 11) is 0. The van der Waals surface area contributed by atoms with Crippen molar-refractivity contribution in [2.45, 2.75) is 26.5 Å². The SMILES string of the molecule is CC=Cc1csc2c1O[C@@H](C)CN(C(=O)O)C2. The summed E-state index contributed by atoms with van der Waals surface area (Å²) < 4.78 is 5.82. The first-order chi connectivity index (χ1) is 8.11. The molecule has 2 heterocycles. The zero-order valence-electron chi connectivity index (χ0n) is 9.84. The second kappa shape index (κ2) is 4.79. The van der Waals surface area contributed by atoms with E-state index < -0.39 is 6.09 Å². The van der Waals surface area contributed by atoms with Crippen molar-refractivity contribution in [2.75, 3.05) is 6.54 Å². The first kappa shape index (κ1) is 12.0. The van der Waals surface area contributed by atoms with Crippen LogP contribution in [-0.4, -0.2) is 28.7 Å². The average Bonchev–Trinajstić information content (AvgIpc) is 2.54. The first-order valence-electron chi connectivity index (χ1n) is 5.49. The van der Waals surface area contributed by atoms with Crippen LogP contribution in [-0.2, 0) is 6.54 Å². The molecule has 0 bridgehead atoms. The van der Waals surface area contributed by atoms with Gasteiger partial charge in [0.25, 0.3) is 0 Å². The van der Waals surface area contributed by atoms with Gasteiger partial charge in [-0.2, -0.15) is 0 Å². The Labute approximate surface area is 104 Å². The third-order valence-electron chi connectivity index (χ3n) is 2.59.